The van der Waals surface area contributed by atoms with Crippen LogP contribution in [0.25, 0.3) is 0 Å². The summed E-state index contributed by atoms with van der Waals surface area (Å²) in [6.45, 7) is 5.23. The zero-order valence-electron chi connectivity index (χ0n) is 13.7. The van der Waals surface area contributed by atoms with Crippen LogP contribution in [0, 0.1) is 11.8 Å². The Hall–Kier alpha value is -0.540. The van der Waals surface area contributed by atoms with Gasteiger partial charge < -0.3 is 35.0 Å². The first kappa shape index (κ1) is 18.8. The Morgan fingerprint density at radius 2 is 1.87 bits per heavy atom. The van der Waals surface area contributed by atoms with E-state index in [1.165, 1.54) is 0 Å². The second-order valence-electron chi connectivity index (χ2n) is 7.05. The van der Waals surface area contributed by atoms with Gasteiger partial charge in [0.05, 0.1) is 12.7 Å². The number of aliphatic hydroxyl groups is 5. The molecule has 2 aliphatic rings. The molecule has 0 saturated carbocycles. The maximum Gasteiger partial charge on any atom is 0.187 e. The summed E-state index contributed by atoms with van der Waals surface area (Å²) in [5.41, 5.74) is -1.23. The molecule has 0 aromatic heterocycles. The Bertz CT molecular complexity index is 421. The molecule has 2 rings (SSSR count). The van der Waals surface area contributed by atoms with Crippen molar-refractivity contribution in [2.45, 2.75) is 69.6 Å². The van der Waals surface area contributed by atoms with E-state index in [4.69, 9.17) is 9.47 Å². The van der Waals surface area contributed by atoms with Crippen molar-refractivity contribution < 1.29 is 35.0 Å². The molecule has 0 radical (unpaired) electrons. The largest absolute Gasteiger partial charge is 0.394 e. The lowest BCUT2D eigenvalue weighted by molar-refractivity contribution is -0.322. The molecule has 7 heteroatoms. The Balaban J connectivity index is 2.11. The van der Waals surface area contributed by atoms with Crippen molar-refractivity contribution in [1.29, 1.82) is 0 Å². The molecular formula is C16H28O7. The summed E-state index contributed by atoms with van der Waals surface area (Å²) in [6.07, 6.45) is -3.11. The first-order chi connectivity index (χ1) is 10.7. The molecule has 7 nitrogen and oxygen atoms in total. The van der Waals surface area contributed by atoms with E-state index in [-0.39, 0.29) is 5.92 Å². The molecule has 23 heavy (non-hydrogen) atoms. The van der Waals surface area contributed by atoms with E-state index in [2.05, 4.69) is 13.8 Å². The maximum atomic E-state index is 10.5. The molecule has 8 atom stereocenters. The van der Waals surface area contributed by atoms with Crippen LogP contribution in [0.5, 0.6) is 0 Å². The van der Waals surface area contributed by atoms with E-state index in [1.807, 2.05) is 6.08 Å². The van der Waals surface area contributed by atoms with Crippen LogP contribution in [0.3, 0.4) is 0 Å². The van der Waals surface area contributed by atoms with Gasteiger partial charge in [-0.25, -0.2) is 0 Å². The highest BCUT2D eigenvalue weighted by molar-refractivity contribution is 5.11. The molecule has 0 unspecified atom stereocenters. The molecule has 0 amide bonds. The van der Waals surface area contributed by atoms with Crippen molar-refractivity contribution in [2.24, 2.45) is 11.8 Å². The lowest BCUT2D eigenvalue weighted by atomic mass is 9.79. The number of rotatable bonds is 4. The van der Waals surface area contributed by atoms with Crippen LogP contribution >= 0.6 is 0 Å². The van der Waals surface area contributed by atoms with Crippen LogP contribution in [0.15, 0.2) is 12.2 Å². The van der Waals surface area contributed by atoms with E-state index in [0.717, 1.165) is 0 Å². The molecule has 0 aromatic rings. The van der Waals surface area contributed by atoms with Crippen molar-refractivity contribution in [1.82, 2.24) is 0 Å². The quantitative estimate of drug-likeness (QED) is 0.426. The van der Waals surface area contributed by atoms with E-state index >= 15 is 0 Å². The third-order valence-electron chi connectivity index (χ3n) is 4.82. The molecule has 1 aliphatic heterocycles. The fourth-order valence-electron chi connectivity index (χ4n) is 3.02. The minimum atomic E-state index is -1.49. The third-order valence-corrected chi connectivity index (χ3v) is 4.82. The zero-order valence-corrected chi connectivity index (χ0v) is 13.7. The van der Waals surface area contributed by atoms with Gasteiger partial charge in [-0.1, -0.05) is 26.0 Å². The molecule has 5 N–H and O–H groups in total. The number of allylic oxidation sites excluding steroid dienone is 1. The molecule has 1 saturated heterocycles. The number of hydrogen-bond acceptors (Lipinski definition) is 7. The normalized spacial score (nSPS) is 48.0. The van der Waals surface area contributed by atoms with Crippen LogP contribution in [-0.4, -0.2) is 74.6 Å². The molecule has 0 bridgehead atoms. The maximum absolute atomic E-state index is 10.5. The summed E-state index contributed by atoms with van der Waals surface area (Å²) in [4.78, 5) is 0. The van der Waals surface area contributed by atoms with Gasteiger partial charge in [0.25, 0.3) is 0 Å². The fraction of sp³-hybridized carbons (Fsp3) is 0.875. The highest BCUT2D eigenvalue weighted by Gasteiger charge is 2.47. The SMILES string of the molecule is CC(C)[C@H]1C=C[C@](C)(O)[C@@H](O[C@@H]2O[C@H](CO)[C@@H](O)[C@H](O)[C@H]2O)C1. The number of aliphatic hydroxyl groups excluding tert-OH is 4. The second kappa shape index (κ2) is 7.14. The van der Waals surface area contributed by atoms with Gasteiger partial charge in [-0.3, -0.25) is 0 Å². The Morgan fingerprint density at radius 3 is 2.43 bits per heavy atom. The fourth-order valence-corrected chi connectivity index (χ4v) is 3.02. The van der Waals surface area contributed by atoms with Crippen molar-refractivity contribution in [3.63, 3.8) is 0 Å². The molecule has 0 aromatic carbocycles. The molecule has 1 aliphatic carbocycles. The Labute approximate surface area is 136 Å². The highest BCUT2D eigenvalue weighted by atomic mass is 16.7. The van der Waals surface area contributed by atoms with Crippen LogP contribution in [-0.2, 0) is 9.47 Å². The van der Waals surface area contributed by atoms with Gasteiger partial charge >= 0.3 is 0 Å². The predicted octanol–water partition coefficient (Wildman–Crippen LogP) is -0.845. The van der Waals surface area contributed by atoms with E-state index in [9.17, 15) is 25.5 Å². The summed E-state index contributed by atoms with van der Waals surface area (Å²) in [5.74, 6) is 0.577. The van der Waals surface area contributed by atoms with E-state index in [1.54, 1.807) is 13.0 Å². The van der Waals surface area contributed by atoms with Crippen molar-refractivity contribution in [2.75, 3.05) is 6.61 Å². The standard InChI is InChI=1S/C16H28O7/c1-8(2)9-4-5-16(3,21)11(6-9)23-15-14(20)13(19)12(18)10(7-17)22-15/h4-5,8-15,17-21H,6-7H2,1-3H3/t9-,10+,11-,12+,13-,14+,15-,16-/m0/s1. The van der Waals surface area contributed by atoms with Gasteiger partial charge in [0, 0.05) is 0 Å². The third kappa shape index (κ3) is 3.93. The first-order valence-corrected chi connectivity index (χ1v) is 8.05. The lowest BCUT2D eigenvalue weighted by Gasteiger charge is -2.44. The van der Waals surface area contributed by atoms with Gasteiger partial charge in [0.1, 0.15) is 30.0 Å². The van der Waals surface area contributed by atoms with Gasteiger partial charge in [-0.2, -0.15) is 0 Å². The average molecular weight is 332 g/mol. The number of hydrogen-bond donors (Lipinski definition) is 5. The molecule has 134 valence electrons. The van der Waals surface area contributed by atoms with Crippen LogP contribution in [0.4, 0.5) is 0 Å². The van der Waals surface area contributed by atoms with Gasteiger partial charge in [-0.05, 0) is 25.2 Å². The topological polar surface area (TPSA) is 120 Å². The summed E-state index contributed by atoms with van der Waals surface area (Å²) in [6, 6.07) is 0. The van der Waals surface area contributed by atoms with Crippen molar-refractivity contribution in [3.8, 4) is 0 Å². The average Bonchev–Trinajstić information content (AvgIpc) is 2.49. The van der Waals surface area contributed by atoms with Crippen molar-refractivity contribution in [3.05, 3.63) is 12.2 Å². The highest BCUT2D eigenvalue weighted by Crippen LogP contribution is 2.34. The van der Waals surface area contributed by atoms with Gasteiger partial charge in [0.2, 0.25) is 0 Å². The minimum absolute atomic E-state index is 0.213. The molecule has 1 heterocycles. The van der Waals surface area contributed by atoms with Gasteiger partial charge in [-0.15, -0.1) is 0 Å². The molecule has 1 fully saturated rings. The number of ether oxygens (including phenoxy) is 2. The summed E-state index contributed by atoms with van der Waals surface area (Å²) in [5, 5.41) is 49.4. The van der Waals surface area contributed by atoms with Gasteiger partial charge in [0.15, 0.2) is 6.29 Å². The summed E-state index contributed by atoms with van der Waals surface area (Å²) in [7, 11) is 0. The predicted molar refractivity (Wildman–Crippen MR) is 81.3 cm³/mol. The van der Waals surface area contributed by atoms with Crippen LogP contribution in [0.2, 0.25) is 0 Å². The molecular weight excluding hydrogens is 304 g/mol. The molecule has 0 spiro atoms. The smallest absolute Gasteiger partial charge is 0.187 e. The van der Waals surface area contributed by atoms with E-state index < -0.39 is 49.0 Å². The van der Waals surface area contributed by atoms with E-state index in [0.29, 0.717) is 12.3 Å². The second-order valence-corrected chi connectivity index (χ2v) is 7.05. The monoisotopic (exact) mass is 332 g/mol. The van der Waals surface area contributed by atoms with Crippen LogP contribution in [0.1, 0.15) is 27.2 Å². The Morgan fingerprint density at radius 1 is 1.22 bits per heavy atom. The van der Waals surface area contributed by atoms with Crippen LogP contribution < -0.4 is 0 Å². The lowest BCUT2D eigenvalue weighted by Crippen LogP contribution is -2.61. The zero-order chi connectivity index (χ0) is 17.4. The first-order valence-electron chi connectivity index (χ1n) is 8.05. The van der Waals surface area contributed by atoms with Crippen molar-refractivity contribution >= 4 is 0 Å². The Kier molecular flexibility index (Phi) is 5.84. The summed E-state index contributed by atoms with van der Waals surface area (Å²) < 4.78 is 11.1. The minimum Gasteiger partial charge on any atom is -0.394 e. The summed E-state index contributed by atoms with van der Waals surface area (Å²) >= 11 is 0.